The van der Waals surface area contributed by atoms with Crippen molar-refractivity contribution < 1.29 is 36.1 Å². The molecule has 0 aliphatic heterocycles. The smallest absolute Gasteiger partial charge is 0.462 e. The molecule has 8 nitrogen and oxygen atoms in total. The summed E-state index contributed by atoms with van der Waals surface area (Å²) in [5, 5.41) is 0. The molecule has 0 amide bonds. The van der Waals surface area contributed by atoms with Gasteiger partial charge in [0.25, 0.3) is 0 Å². The summed E-state index contributed by atoms with van der Waals surface area (Å²) < 4.78 is 38.5. The Morgan fingerprint density at radius 2 is 0.905 bits per heavy atom. The van der Waals surface area contributed by atoms with Crippen molar-refractivity contribution in [2.24, 2.45) is 0 Å². The highest BCUT2D eigenvalue weighted by Crippen LogP contribution is 2.20. The zero-order chi connectivity index (χ0) is 32.0. The predicted molar refractivity (Wildman–Crippen MR) is 178 cm³/mol. The Hall–Kier alpha value is -0.596. The number of esters is 1. The normalized spacial score (nSPS) is 11.7. The molecule has 0 rings (SSSR count). The van der Waals surface area contributed by atoms with Gasteiger partial charge in [0.15, 0.2) is 0 Å². The molecular weight excluding hydrogens is 569 g/mol. The van der Waals surface area contributed by atoms with E-state index in [1.54, 1.807) is 28.3 Å². The van der Waals surface area contributed by atoms with Crippen LogP contribution in [0.4, 0.5) is 0 Å². The van der Waals surface area contributed by atoms with Gasteiger partial charge < -0.3 is 31.3 Å². The first-order valence-corrected chi connectivity index (χ1v) is 20.5. The molecule has 0 fully saturated rings. The van der Waals surface area contributed by atoms with Crippen LogP contribution >= 0.6 is 0 Å². The molecule has 0 heterocycles. The highest BCUT2D eigenvalue weighted by molar-refractivity contribution is 6.61. The van der Waals surface area contributed by atoms with Crippen LogP contribution in [0.2, 0.25) is 12.1 Å². The number of unbranched alkanes of at least 4 members (excludes halogenated alkanes) is 13. The Balaban J connectivity index is 0. The molecule has 0 atom stereocenters. The van der Waals surface area contributed by atoms with Gasteiger partial charge in [-0.3, -0.25) is 0 Å². The standard InChI is InChI=1S/C19H42O3Si.C13H26O5Si/c1-5-6-7-8-9-10-11-12-13-14-15-16-17-18-19-23(20-2,21-3)22-4;1-6-16-19(17-7-2,18-8-3)11-9-10-15-13(14)12(4)5/h5-19H2,1-4H3;4,6-11H2,1-3,5H3. The molecule has 0 N–H and O–H groups in total. The van der Waals surface area contributed by atoms with Crippen molar-refractivity contribution in [3.8, 4) is 0 Å². The molecule has 0 aromatic rings. The van der Waals surface area contributed by atoms with E-state index in [2.05, 4.69) is 13.5 Å². The van der Waals surface area contributed by atoms with Gasteiger partial charge in [0, 0.05) is 58.8 Å². The molecule has 42 heavy (non-hydrogen) atoms. The van der Waals surface area contributed by atoms with Gasteiger partial charge in [-0.2, -0.15) is 0 Å². The van der Waals surface area contributed by atoms with Gasteiger partial charge in [0.05, 0.1) is 6.61 Å². The van der Waals surface area contributed by atoms with Crippen molar-refractivity contribution >= 4 is 23.6 Å². The highest BCUT2D eigenvalue weighted by atomic mass is 28.4. The zero-order valence-electron chi connectivity index (χ0n) is 28.8. The number of carbonyl (C=O) groups is 1. The van der Waals surface area contributed by atoms with Gasteiger partial charge in [0.2, 0.25) is 0 Å². The van der Waals surface area contributed by atoms with E-state index < -0.39 is 17.6 Å². The van der Waals surface area contributed by atoms with Crippen molar-refractivity contribution in [3.05, 3.63) is 12.2 Å². The lowest BCUT2D eigenvalue weighted by Crippen LogP contribution is -2.46. The van der Waals surface area contributed by atoms with Crippen molar-refractivity contribution in [2.45, 2.75) is 143 Å². The first-order chi connectivity index (χ1) is 20.3. The van der Waals surface area contributed by atoms with Gasteiger partial charge in [-0.25, -0.2) is 4.79 Å². The number of hydrogen-bond donors (Lipinski definition) is 0. The first-order valence-electron chi connectivity index (χ1n) is 16.7. The topological polar surface area (TPSA) is 81.7 Å². The lowest BCUT2D eigenvalue weighted by atomic mass is 10.0. The van der Waals surface area contributed by atoms with Crippen LogP contribution in [-0.4, -0.2) is 71.3 Å². The van der Waals surface area contributed by atoms with Crippen LogP contribution in [0.5, 0.6) is 0 Å². The molecule has 0 bridgehead atoms. The minimum absolute atomic E-state index is 0.327. The van der Waals surface area contributed by atoms with Crippen LogP contribution in [0.1, 0.15) is 131 Å². The fourth-order valence-electron chi connectivity index (χ4n) is 4.67. The second-order valence-corrected chi connectivity index (χ2v) is 16.5. The molecule has 0 saturated carbocycles. The highest BCUT2D eigenvalue weighted by Gasteiger charge is 2.39. The van der Waals surface area contributed by atoms with Crippen LogP contribution in [0.15, 0.2) is 12.2 Å². The molecule has 0 aliphatic carbocycles. The predicted octanol–water partition coefficient (Wildman–Crippen LogP) is 8.89. The lowest BCUT2D eigenvalue weighted by Gasteiger charge is -2.28. The maximum absolute atomic E-state index is 11.2. The van der Waals surface area contributed by atoms with Crippen molar-refractivity contribution in [1.29, 1.82) is 0 Å². The molecule has 0 aromatic carbocycles. The maximum Gasteiger partial charge on any atom is 0.501 e. The van der Waals surface area contributed by atoms with E-state index >= 15 is 0 Å². The van der Waals surface area contributed by atoms with Crippen molar-refractivity contribution in [2.75, 3.05) is 47.8 Å². The summed E-state index contributed by atoms with van der Waals surface area (Å²) in [5.41, 5.74) is 0.405. The Kier molecular flexibility index (Phi) is 31.5. The van der Waals surface area contributed by atoms with E-state index in [0.717, 1.165) is 12.5 Å². The molecule has 0 spiro atoms. The average molecular weight is 637 g/mol. The summed E-state index contributed by atoms with van der Waals surface area (Å²) >= 11 is 0. The molecule has 0 aromatic heterocycles. The van der Waals surface area contributed by atoms with Crippen LogP contribution < -0.4 is 0 Å². The zero-order valence-corrected chi connectivity index (χ0v) is 30.8. The Morgan fingerprint density at radius 3 is 1.24 bits per heavy atom. The van der Waals surface area contributed by atoms with Crippen LogP contribution in [0, 0.1) is 0 Å². The fraction of sp³-hybridized carbons (Fsp3) is 0.906. The van der Waals surface area contributed by atoms with Crippen LogP contribution in [-0.2, 0) is 36.1 Å². The third kappa shape index (κ3) is 23.8. The average Bonchev–Trinajstić information content (AvgIpc) is 2.98. The number of hydrogen-bond acceptors (Lipinski definition) is 8. The summed E-state index contributed by atoms with van der Waals surface area (Å²) in [6.45, 7) is 15.2. The largest absolute Gasteiger partial charge is 0.501 e. The summed E-state index contributed by atoms with van der Waals surface area (Å²) in [4.78, 5) is 11.2. The number of ether oxygens (including phenoxy) is 1. The molecular formula is C32H68O8Si2. The Labute approximate surface area is 262 Å². The minimum Gasteiger partial charge on any atom is -0.462 e. The van der Waals surface area contributed by atoms with Gasteiger partial charge in [-0.05, 0) is 40.5 Å². The lowest BCUT2D eigenvalue weighted by molar-refractivity contribution is -0.139. The second kappa shape index (κ2) is 30.4. The van der Waals surface area contributed by atoms with Gasteiger partial charge >= 0.3 is 23.6 Å². The third-order valence-electron chi connectivity index (χ3n) is 7.07. The van der Waals surface area contributed by atoms with Crippen LogP contribution in [0.25, 0.3) is 0 Å². The van der Waals surface area contributed by atoms with Gasteiger partial charge in [-0.15, -0.1) is 0 Å². The van der Waals surface area contributed by atoms with E-state index in [1.165, 1.54) is 83.5 Å². The maximum atomic E-state index is 11.2. The Morgan fingerprint density at radius 1 is 0.548 bits per heavy atom. The number of rotatable bonds is 29. The minimum atomic E-state index is -2.61. The Bertz CT molecular complexity index is 592. The molecule has 0 aliphatic rings. The molecule has 0 saturated heterocycles. The van der Waals surface area contributed by atoms with E-state index in [-0.39, 0.29) is 5.97 Å². The quantitative estimate of drug-likeness (QED) is 0.0348. The molecule has 10 heteroatoms. The summed E-state index contributed by atoms with van der Waals surface area (Å²) in [6, 6.07) is 1.58. The van der Waals surface area contributed by atoms with E-state index in [9.17, 15) is 4.79 Å². The molecule has 252 valence electrons. The van der Waals surface area contributed by atoms with Crippen molar-refractivity contribution in [3.63, 3.8) is 0 Å². The third-order valence-corrected chi connectivity index (χ3v) is 13.1. The molecule has 0 radical (unpaired) electrons. The SMILES string of the molecule is C=C(C)C(=O)OCCC[Si](OCC)(OCC)OCC.CCCCCCCCCCCCCCCC[Si](OC)(OC)OC. The molecule has 0 unspecified atom stereocenters. The fourth-order valence-corrected chi connectivity index (χ4v) is 9.05. The first kappa shape index (κ1) is 43.5. The van der Waals surface area contributed by atoms with E-state index in [0.29, 0.717) is 44.5 Å². The number of carbonyl (C=O) groups excluding carboxylic acids is 1. The van der Waals surface area contributed by atoms with Gasteiger partial charge in [0.1, 0.15) is 0 Å². The van der Waals surface area contributed by atoms with Gasteiger partial charge in [-0.1, -0.05) is 97.0 Å². The van der Waals surface area contributed by atoms with E-state index in [1.807, 2.05) is 20.8 Å². The summed E-state index contributed by atoms with van der Waals surface area (Å²) in [7, 11) is 0.164. The van der Waals surface area contributed by atoms with Crippen molar-refractivity contribution in [1.82, 2.24) is 0 Å². The van der Waals surface area contributed by atoms with E-state index in [4.69, 9.17) is 31.3 Å². The summed E-state index contributed by atoms with van der Waals surface area (Å²) in [5.74, 6) is -0.364. The monoisotopic (exact) mass is 636 g/mol. The second-order valence-electron chi connectivity index (χ2n) is 10.6. The van der Waals surface area contributed by atoms with Crippen LogP contribution in [0.3, 0.4) is 0 Å². The summed E-state index contributed by atoms with van der Waals surface area (Å²) in [6.07, 6.45) is 20.0.